The fraction of sp³-hybridized carbons (Fsp3) is 0.120. The maximum absolute atomic E-state index is 12.6. The molecule has 0 atom stereocenters. The molecule has 7 nitrogen and oxygen atoms in total. The lowest BCUT2D eigenvalue weighted by Crippen LogP contribution is -2.12. The summed E-state index contributed by atoms with van der Waals surface area (Å²) in [6, 6.07) is 15.2. The molecule has 1 amide bonds. The molecule has 1 N–H and O–H groups in total. The first-order valence-corrected chi connectivity index (χ1v) is 9.79. The fourth-order valence-corrected chi connectivity index (χ4v) is 3.54. The molecule has 0 radical (unpaired) electrons. The Hall–Kier alpha value is -4.44. The fourth-order valence-electron chi connectivity index (χ4n) is 3.54. The van der Waals surface area contributed by atoms with Crippen molar-refractivity contribution in [3.63, 3.8) is 0 Å². The summed E-state index contributed by atoms with van der Waals surface area (Å²) in [5.41, 5.74) is 2.38. The van der Waals surface area contributed by atoms with Crippen LogP contribution in [0.2, 0.25) is 0 Å². The van der Waals surface area contributed by atoms with E-state index in [0.29, 0.717) is 27.9 Å². The van der Waals surface area contributed by atoms with Gasteiger partial charge in [-0.1, -0.05) is 23.8 Å². The summed E-state index contributed by atoms with van der Waals surface area (Å²) in [5, 5.41) is 12.4. The average Bonchev–Trinajstić information content (AvgIpc) is 3.09. The lowest BCUT2D eigenvalue weighted by Gasteiger charge is -2.06. The number of nitriles is 1. The van der Waals surface area contributed by atoms with Crippen LogP contribution in [0.25, 0.3) is 22.3 Å². The summed E-state index contributed by atoms with van der Waals surface area (Å²) in [7, 11) is 0. The highest BCUT2D eigenvalue weighted by atomic mass is 16.4. The topological polar surface area (TPSA) is 113 Å². The van der Waals surface area contributed by atoms with Crippen LogP contribution in [0.5, 0.6) is 0 Å². The van der Waals surface area contributed by atoms with Crippen LogP contribution in [-0.4, -0.2) is 11.7 Å². The predicted octanol–water partition coefficient (Wildman–Crippen LogP) is 5.00. The van der Waals surface area contributed by atoms with Crippen LogP contribution in [0, 0.1) is 25.2 Å². The molecule has 32 heavy (non-hydrogen) atoms. The smallest absolute Gasteiger partial charge is 0.258 e. The summed E-state index contributed by atoms with van der Waals surface area (Å²) in [6.07, 6.45) is 0. The van der Waals surface area contributed by atoms with Gasteiger partial charge in [0.15, 0.2) is 11.2 Å². The van der Waals surface area contributed by atoms with Gasteiger partial charge in [-0.15, -0.1) is 0 Å². The van der Waals surface area contributed by atoms with Gasteiger partial charge < -0.3 is 8.83 Å². The number of hydrogen-bond donors (Lipinski definition) is 1. The molecule has 0 aliphatic rings. The second-order valence-corrected chi connectivity index (χ2v) is 7.41. The molecule has 0 bridgehead atoms. The Bertz CT molecular complexity index is 1480. The monoisotopic (exact) mass is 426 g/mol. The Balaban J connectivity index is 1.62. The molecule has 0 saturated carbocycles. The van der Waals surface area contributed by atoms with Gasteiger partial charge in [-0.25, -0.2) is 0 Å². The number of anilines is 1. The summed E-state index contributed by atoms with van der Waals surface area (Å²) >= 11 is 0. The van der Waals surface area contributed by atoms with Crippen molar-refractivity contribution >= 4 is 28.5 Å². The second kappa shape index (κ2) is 8.00. The number of hydrogen-bond acceptors (Lipinski definition) is 6. The Kier molecular flexibility index (Phi) is 5.21. The van der Waals surface area contributed by atoms with Gasteiger partial charge >= 0.3 is 0 Å². The highest BCUT2D eigenvalue weighted by Gasteiger charge is 2.22. The van der Waals surface area contributed by atoms with Crippen molar-refractivity contribution in [2.45, 2.75) is 20.8 Å². The summed E-state index contributed by atoms with van der Waals surface area (Å²) in [5.74, 6) is -0.244. The molecule has 0 spiro atoms. The van der Waals surface area contributed by atoms with Crippen molar-refractivity contribution in [2.75, 3.05) is 5.32 Å². The van der Waals surface area contributed by atoms with E-state index in [-0.39, 0.29) is 34.0 Å². The molecule has 0 fully saturated rings. The number of ketones is 1. The first kappa shape index (κ1) is 20.8. The van der Waals surface area contributed by atoms with Crippen molar-refractivity contribution in [3.8, 4) is 17.4 Å². The Morgan fingerprint density at radius 3 is 2.38 bits per heavy atom. The number of nitrogens with one attached hydrogen (secondary N) is 1. The van der Waals surface area contributed by atoms with Gasteiger partial charge in [-0.05, 0) is 45.0 Å². The average molecular weight is 426 g/mol. The molecule has 0 aliphatic heterocycles. The lowest BCUT2D eigenvalue weighted by molar-refractivity contribution is 0.101. The van der Waals surface area contributed by atoms with Gasteiger partial charge in [0, 0.05) is 17.2 Å². The van der Waals surface area contributed by atoms with E-state index in [1.807, 2.05) is 19.1 Å². The van der Waals surface area contributed by atoms with Crippen LogP contribution in [-0.2, 0) is 0 Å². The van der Waals surface area contributed by atoms with Gasteiger partial charge in [0.05, 0.1) is 10.9 Å². The van der Waals surface area contributed by atoms with E-state index in [0.717, 1.165) is 5.56 Å². The van der Waals surface area contributed by atoms with E-state index in [1.165, 1.54) is 13.0 Å². The molecule has 158 valence electrons. The number of carbonyl (C=O) groups excluding carboxylic acids is 2. The van der Waals surface area contributed by atoms with Gasteiger partial charge in [0.25, 0.3) is 5.91 Å². The molecule has 2 aromatic heterocycles. The third-order valence-electron chi connectivity index (χ3n) is 5.09. The minimum absolute atomic E-state index is 0.00635. The molecule has 7 heteroatoms. The normalized spacial score (nSPS) is 10.7. The van der Waals surface area contributed by atoms with Crippen LogP contribution in [0.4, 0.5) is 5.88 Å². The van der Waals surface area contributed by atoms with Gasteiger partial charge in [0.2, 0.25) is 5.88 Å². The molecular formula is C25H18N2O5. The van der Waals surface area contributed by atoms with E-state index in [9.17, 15) is 19.6 Å². The van der Waals surface area contributed by atoms with E-state index in [2.05, 4.69) is 5.32 Å². The van der Waals surface area contributed by atoms with E-state index < -0.39 is 5.91 Å². The van der Waals surface area contributed by atoms with Gasteiger partial charge in [0.1, 0.15) is 28.7 Å². The number of carbonyl (C=O) groups is 2. The maximum atomic E-state index is 12.6. The lowest BCUT2D eigenvalue weighted by atomic mass is 10.1. The number of benzene rings is 2. The third kappa shape index (κ3) is 3.70. The summed E-state index contributed by atoms with van der Waals surface area (Å²) < 4.78 is 11.3. The highest BCUT2D eigenvalue weighted by molar-refractivity contribution is 6.06. The van der Waals surface area contributed by atoms with Crippen LogP contribution in [0.1, 0.15) is 44.5 Å². The Morgan fingerprint density at radius 2 is 1.72 bits per heavy atom. The van der Waals surface area contributed by atoms with Crippen molar-refractivity contribution in [1.29, 1.82) is 5.26 Å². The molecule has 4 aromatic rings. The van der Waals surface area contributed by atoms with Gasteiger partial charge in [-0.2, -0.15) is 5.26 Å². The number of furan rings is 1. The van der Waals surface area contributed by atoms with Gasteiger partial charge in [-0.3, -0.25) is 19.7 Å². The zero-order valence-electron chi connectivity index (χ0n) is 17.6. The number of Topliss-reactive ketones (excluding diaryl/α,β-unsaturated/α-hetero) is 1. The second-order valence-electron chi connectivity index (χ2n) is 7.41. The number of fused-ring (bicyclic) bond motifs is 1. The molecule has 2 heterocycles. The number of nitrogens with zero attached hydrogens (tertiary/aromatic N) is 1. The molecular weight excluding hydrogens is 408 g/mol. The standard InChI is InChI=1S/C25H18N2O5/c1-13-4-9-21-18(10-13)20(29)11-22(32-21)16-5-7-17(8-6-16)24(30)27-25-19(12-26)23(14(2)28)15(3)31-25/h4-11H,1-3H3,(H,27,30). The minimum Gasteiger partial charge on any atom is -0.456 e. The Labute approximate surface area is 182 Å². The predicted molar refractivity (Wildman–Crippen MR) is 119 cm³/mol. The first-order chi connectivity index (χ1) is 15.3. The first-order valence-electron chi connectivity index (χ1n) is 9.79. The molecule has 0 saturated heterocycles. The number of rotatable bonds is 4. The number of aryl methyl sites for hydroxylation is 2. The molecule has 0 unspecified atom stereocenters. The summed E-state index contributed by atoms with van der Waals surface area (Å²) in [6.45, 7) is 4.79. The van der Waals surface area contributed by atoms with Crippen LogP contribution >= 0.6 is 0 Å². The third-order valence-corrected chi connectivity index (χ3v) is 5.09. The minimum atomic E-state index is -0.507. The SMILES string of the molecule is CC(=O)c1c(C)oc(NC(=O)c2ccc(-c3cc(=O)c4cc(C)ccc4o3)cc2)c1C#N. The van der Waals surface area contributed by atoms with Crippen molar-refractivity contribution in [2.24, 2.45) is 0 Å². The zero-order valence-corrected chi connectivity index (χ0v) is 17.6. The highest BCUT2D eigenvalue weighted by Crippen LogP contribution is 2.28. The van der Waals surface area contributed by atoms with E-state index >= 15 is 0 Å². The van der Waals surface area contributed by atoms with E-state index in [4.69, 9.17) is 8.83 Å². The van der Waals surface area contributed by atoms with Crippen molar-refractivity contribution in [1.82, 2.24) is 0 Å². The van der Waals surface area contributed by atoms with Crippen LogP contribution < -0.4 is 10.7 Å². The van der Waals surface area contributed by atoms with Crippen LogP contribution in [0.3, 0.4) is 0 Å². The quantitative estimate of drug-likeness (QED) is 0.460. The summed E-state index contributed by atoms with van der Waals surface area (Å²) in [4.78, 5) is 36.9. The molecule has 0 aliphatic carbocycles. The van der Waals surface area contributed by atoms with E-state index in [1.54, 1.807) is 43.3 Å². The molecule has 2 aromatic carbocycles. The van der Waals surface area contributed by atoms with Crippen LogP contribution in [0.15, 0.2) is 62.2 Å². The number of amides is 1. The van der Waals surface area contributed by atoms with Crippen molar-refractivity contribution < 1.29 is 18.4 Å². The molecule has 4 rings (SSSR count). The largest absolute Gasteiger partial charge is 0.456 e. The zero-order chi connectivity index (χ0) is 23.0. The maximum Gasteiger partial charge on any atom is 0.258 e. The van der Waals surface area contributed by atoms with Crippen molar-refractivity contribution in [3.05, 3.63) is 86.8 Å². The Morgan fingerprint density at radius 1 is 1.00 bits per heavy atom.